The number of carbonyl (C=O) groups is 1. The predicted octanol–water partition coefficient (Wildman–Crippen LogP) is 6.54. The van der Waals surface area contributed by atoms with Gasteiger partial charge in [0.2, 0.25) is 0 Å². The molecule has 0 aliphatic carbocycles. The molecule has 1 aliphatic heterocycles. The van der Waals surface area contributed by atoms with Crippen LogP contribution in [-0.2, 0) is 11.3 Å². The van der Waals surface area contributed by atoms with Gasteiger partial charge < -0.3 is 9.88 Å². The van der Waals surface area contributed by atoms with Crippen molar-refractivity contribution in [2.45, 2.75) is 13.5 Å². The number of amides is 1. The molecule has 0 bridgehead atoms. The molecule has 1 aromatic heterocycles. The molecule has 1 N–H and O–H groups in total. The third-order valence-electron chi connectivity index (χ3n) is 5.26. The van der Waals surface area contributed by atoms with Crippen LogP contribution in [0.2, 0.25) is 5.02 Å². The molecule has 1 amide bonds. The average molecular weight is 458 g/mol. The van der Waals surface area contributed by atoms with Gasteiger partial charge in [-0.15, -0.1) is 0 Å². The number of fused-ring (bicyclic) bond motifs is 1. The number of aromatic nitrogens is 1. The summed E-state index contributed by atoms with van der Waals surface area (Å²) in [7, 11) is 0. The van der Waals surface area contributed by atoms with E-state index in [0.717, 1.165) is 44.8 Å². The molecule has 6 heteroatoms. The fraction of sp³-hybridized carbons (Fsp3) is 0.0769. The van der Waals surface area contributed by atoms with Gasteiger partial charge >= 0.3 is 0 Å². The lowest BCUT2D eigenvalue weighted by molar-refractivity contribution is -0.115. The first-order valence-corrected chi connectivity index (χ1v) is 11.4. The Balaban J connectivity index is 1.47. The Morgan fingerprint density at radius 1 is 1.06 bits per heavy atom. The molecule has 4 nitrogen and oxygen atoms in total. The molecular weight excluding hydrogens is 438 g/mol. The number of hydrogen-bond donors (Lipinski definition) is 1. The van der Waals surface area contributed by atoms with Crippen LogP contribution in [0.1, 0.15) is 16.7 Å². The number of nitrogens with zero attached hydrogens (tertiary/aromatic N) is 2. The summed E-state index contributed by atoms with van der Waals surface area (Å²) in [6, 6.07) is 24.0. The number of aryl methyl sites for hydroxylation is 1. The zero-order chi connectivity index (χ0) is 22.1. The van der Waals surface area contributed by atoms with Crippen molar-refractivity contribution in [1.29, 1.82) is 0 Å². The summed E-state index contributed by atoms with van der Waals surface area (Å²) in [5.41, 5.74) is 5.24. The predicted molar refractivity (Wildman–Crippen MR) is 134 cm³/mol. The molecule has 3 aromatic carbocycles. The molecule has 1 saturated heterocycles. The first-order valence-electron chi connectivity index (χ1n) is 10.2. The Bertz CT molecular complexity index is 1390. The molecule has 32 heavy (non-hydrogen) atoms. The molecule has 2 heterocycles. The maximum Gasteiger partial charge on any atom is 0.264 e. The van der Waals surface area contributed by atoms with Gasteiger partial charge in [-0.1, -0.05) is 54.1 Å². The molecule has 1 aliphatic rings. The third kappa shape index (κ3) is 4.35. The summed E-state index contributed by atoms with van der Waals surface area (Å²) in [4.78, 5) is 17.8. The van der Waals surface area contributed by atoms with Crippen molar-refractivity contribution < 1.29 is 4.79 Å². The van der Waals surface area contributed by atoms with E-state index in [4.69, 9.17) is 11.6 Å². The van der Waals surface area contributed by atoms with E-state index in [1.165, 1.54) is 11.8 Å². The minimum Gasteiger partial charge on any atom is -0.342 e. The monoisotopic (exact) mass is 457 g/mol. The lowest BCUT2D eigenvalue weighted by Gasteiger charge is -2.05. The highest BCUT2D eigenvalue weighted by Crippen LogP contribution is 2.31. The summed E-state index contributed by atoms with van der Waals surface area (Å²) in [6.45, 7) is 2.75. The molecule has 0 spiro atoms. The van der Waals surface area contributed by atoms with Crippen molar-refractivity contribution in [1.82, 2.24) is 9.88 Å². The van der Waals surface area contributed by atoms with Crippen LogP contribution < -0.4 is 5.32 Å². The van der Waals surface area contributed by atoms with Crippen LogP contribution in [0.25, 0.3) is 17.0 Å². The Hall–Kier alpha value is -3.28. The van der Waals surface area contributed by atoms with Gasteiger partial charge in [-0.3, -0.25) is 4.79 Å². The fourth-order valence-electron chi connectivity index (χ4n) is 3.74. The standard InChI is InChI=1S/C26H20ClN3OS/c1-17-5-4-6-21(13-17)28-26-29-25(31)24(32-26)14-19-16-30(23-8-3-2-7-22(19)23)15-18-9-11-20(27)12-10-18/h2-14,16H,15H2,1H3,(H,28,29,31)/b24-14-. The van der Waals surface area contributed by atoms with Gasteiger partial charge in [0.25, 0.3) is 5.91 Å². The van der Waals surface area contributed by atoms with Crippen LogP contribution in [0, 0.1) is 6.92 Å². The summed E-state index contributed by atoms with van der Waals surface area (Å²) in [6.07, 6.45) is 4.04. The summed E-state index contributed by atoms with van der Waals surface area (Å²) < 4.78 is 2.20. The topological polar surface area (TPSA) is 46.4 Å². The quantitative estimate of drug-likeness (QED) is 0.353. The number of halogens is 1. The van der Waals surface area contributed by atoms with E-state index < -0.39 is 0 Å². The van der Waals surface area contributed by atoms with Crippen molar-refractivity contribution in [3.63, 3.8) is 0 Å². The maximum absolute atomic E-state index is 12.6. The number of benzene rings is 3. The first-order chi connectivity index (χ1) is 15.5. The van der Waals surface area contributed by atoms with Crippen molar-refractivity contribution in [2.24, 2.45) is 4.99 Å². The lowest BCUT2D eigenvalue weighted by atomic mass is 10.1. The van der Waals surface area contributed by atoms with Crippen LogP contribution >= 0.6 is 23.4 Å². The number of carbonyl (C=O) groups excluding carboxylic acids is 1. The number of rotatable bonds is 4. The molecule has 0 unspecified atom stereocenters. The second-order valence-electron chi connectivity index (χ2n) is 7.68. The van der Waals surface area contributed by atoms with E-state index in [1.54, 1.807) is 0 Å². The maximum atomic E-state index is 12.6. The number of thioether (sulfide) groups is 1. The highest BCUT2D eigenvalue weighted by atomic mass is 35.5. The summed E-state index contributed by atoms with van der Waals surface area (Å²) >= 11 is 7.39. The van der Waals surface area contributed by atoms with Crippen LogP contribution in [0.4, 0.5) is 5.69 Å². The van der Waals surface area contributed by atoms with E-state index in [-0.39, 0.29) is 5.91 Å². The van der Waals surface area contributed by atoms with Crippen molar-refractivity contribution in [3.05, 3.63) is 106 Å². The van der Waals surface area contributed by atoms with E-state index in [2.05, 4.69) is 33.2 Å². The summed E-state index contributed by atoms with van der Waals surface area (Å²) in [5.74, 6) is -0.129. The number of aliphatic imine (C=N–C) groups is 1. The van der Waals surface area contributed by atoms with E-state index >= 15 is 0 Å². The average Bonchev–Trinajstić information content (AvgIpc) is 3.30. The van der Waals surface area contributed by atoms with E-state index in [0.29, 0.717) is 10.1 Å². The fourth-order valence-corrected chi connectivity index (χ4v) is 4.70. The van der Waals surface area contributed by atoms with E-state index in [9.17, 15) is 4.79 Å². The minimum atomic E-state index is -0.129. The van der Waals surface area contributed by atoms with Crippen molar-refractivity contribution in [2.75, 3.05) is 0 Å². The van der Waals surface area contributed by atoms with Gasteiger partial charge in [-0.2, -0.15) is 0 Å². The molecule has 0 saturated carbocycles. The number of amidine groups is 1. The van der Waals surface area contributed by atoms with Gasteiger partial charge in [0.15, 0.2) is 5.17 Å². The molecular formula is C26H20ClN3OS. The van der Waals surface area contributed by atoms with Crippen molar-refractivity contribution >= 4 is 57.1 Å². The number of para-hydroxylation sites is 1. The van der Waals surface area contributed by atoms with Crippen LogP contribution in [0.3, 0.4) is 0 Å². The number of nitrogens with one attached hydrogen (secondary N) is 1. The Morgan fingerprint density at radius 2 is 1.88 bits per heavy atom. The zero-order valence-electron chi connectivity index (χ0n) is 17.4. The molecule has 5 rings (SSSR count). The van der Waals surface area contributed by atoms with Gasteiger partial charge in [-0.05, 0) is 66.2 Å². The Morgan fingerprint density at radius 3 is 2.69 bits per heavy atom. The minimum absolute atomic E-state index is 0.129. The molecule has 0 radical (unpaired) electrons. The second-order valence-corrected chi connectivity index (χ2v) is 9.14. The number of hydrogen-bond acceptors (Lipinski definition) is 3. The normalized spacial score (nSPS) is 16.2. The van der Waals surface area contributed by atoms with Crippen LogP contribution in [0.5, 0.6) is 0 Å². The van der Waals surface area contributed by atoms with Gasteiger partial charge in [0.1, 0.15) is 0 Å². The van der Waals surface area contributed by atoms with Gasteiger partial charge in [0.05, 0.1) is 10.6 Å². The Labute approximate surface area is 195 Å². The molecule has 0 atom stereocenters. The third-order valence-corrected chi connectivity index (χ3v) is 6.42. The largest absolute Gasteiger partial charge is 0.342 e. The van der Waals surface area contributed by atoms with Gasteiger partial charge in [-0.25, -0.2) is 4.99 Å². The van der Waals surface area contributed by atoms with Gasteiger partial charge in [0, 0.05) is 34.2 Å². The molecule has 1 fully saturated rings. The van der Waals surface area contributed by atoms with Crippen LogP contribution in [0.15, 0.2) is 88.9 Å². The molecule has 4 aromatic rings. The zero-order valence-corrected chi connectivity index (χ0v) is 19.0. The van der Waals surface area contributed by atoms with E-state index in [1.807, 2.05) is 73.7 Å². The Kier molecular flexibility index (Phi) is 5.60. The van der Waals surface area contributed by atoms with Crippen molar-refractivity contribution in [3.8, 4) is 0 Å². The summed E-state index contributed by atoms with van der Waals surface area (Å²) in [5, 5.41) is 5.30. The highest BCUT2D eigenvalue weighted by Gasteiger charge is 2.24. The lowest BCUT2D eigenvalue weighted by Crippen LogP contribution is -2.19. The smallest absolute Gasteiger partial charge is 0.264 e. The highest BCUT2D eigenvalue weighted by molar-refractivity contribution is 8.18. The SMILES string of the molecule is Cc1cccc(N=C2NC(=O)/C(=C/c3cn(Cc4ccc(Cl)cc4)c4ccccc34)S2)c1. The van der Waals surface area contributed by atoms with Crippen LogP contribution in [-0.4, -0.2) is 15.6 Å². The molecule has 158 valence electrons. The second kappa shape index (κ2) is 8.69. The first kappa shape index (κ1) is 20.6.